The van der Waals surface area contributed by atoms with Crippen LogP contribution in [0.15, 0.2) is 18.2 Å². The van der Waals surface area contributed by atoms with Crippen LogP contribution in [0.1, 0.15) is 11.3 Å². The highest BCUT2D eigenvalue weighted by Gasteiger charge is 1.98. The van der Waals surface area contributed by atoms with Crippen molar-refractivity contribution >= 4 is 10.9 Å². The molecule has 1 heterocycles. The molecule has 0 unspecified atom stereocenters. The highest BCUT2D eigenvalue weighted by molar-refractivity contribution is 5.81. The van der Waals surface area contributed by atoms with Crippen LogP contribution in [0, 0.1) is 24.3 Å². The summed E-state index contributed by atoms with van der Waals surface area (Å²) in [5.41, 5.74) is 2.72. The van der Waals surface area contributed by atoms with E-state index in [1.54, 1.807) is 6.07 Å². The second-order valence-corrected chi connectivity index (χ2v) is 2.80. The van der Waals surface area contributed by atoms with Gasteiger partial charge in [0, 0.05) is 10.9 Å². The molecule has 1 N–H and O–H groups in total. The maximum atomic E-state index is 8.61. The third kappa shape index (κ3) is 0.960. The van der Waals surface area contributed by atoms with Gasteiger partial charge in [0.1, 0.15) is 11.8 Å². The van der Waals surface area contributed by atoms with Crippen LogP contribution >= 0.6 is 0 Å². The molecule has 57 valence electrons. The molecule has 1 aromatic heterocycles. The molecule has 1 radical (unpaired) electrons. The van der Waals surface area contributed by atoms with Gasteiger partial charge in [-0.05, 0) is 30.7 Å². The number of aryl methyl sites for hydroxylation is 1. The summed E-state index contributed by atoms with van der Waals surface area (Å²) < 4.78 is 0. The van der Waals surface area contributed by atoms with Crippen molar-refractivity contribution in [2.45, 2.75) is 6.92 Å². The van der Waals surface area contributed by atoms with Crippen molar-refractivity contribution in [2.24, 2.45) is 0 Å². The number of rotatable bonds is 0. The molecule has 0 aliphatic carbocycles. The summed E-state index contributed by atoms with van der Waals surface area (Å²) in [7, 11) is 0. The molecule has 2 nitrogen and oxygen atoms in total. The first-order chi connectivity index (χ1) is 5.79. The lowest BCUT2D eigenvalue weighted by molar-refractivity contribution is 1.36. The van der Waals surface area contributed by atoms with Gasteiger partial charge in [-0.3, -0.25) is 0 Å². The Morgan fingerprint density at radius 1 is 1.50 bits per heavy atom. The van der Waals surface area contributed by atoms with Crippen LogP contribution in [0.4, 0.5) is 0 Å². The molecule has 0 bridgehead atoms. The van der Waals surface area contributed by atoms with Crippen LogP contribution in [0.2, 0.25) is 0 Å². The first kappa shape index (κ1) is 6.93. The maximum absolute atomic E-state index is 8.61. The molecule has 12 heavy (non-hydrogen) atoms. The Labute approximate surface area is 70.4 Å². The van der Waals surface area contributed by atoms with Crippen molar-refractivity contribution in [2.75, 3.05) is 0 Å². The zero-order valence-corrected chi connectivity index (χ0v) is 6.68. The molecule has 0 saturated carbocycles. The number of aromatic amines is 1. The molecule has 0 aliphatic rings. The average Bonchev–Trinajstić information content (AvgIpc) is 2.46. The van der Waals surface area contributed by atoms with E-state index in [1.807, 2.05) is 19.1 Å². The first-order valence-electron chi connectivity index (χ1n) is 3.71. The molecule has 2 rings (SSSR count). The normalized spacial score (nSPS) is 10.0. The Morgan fingerprint density at radius 2 is 2.33 bits per heavy atom. The third-order valence-corrected chi connectivity index (χ3v) is 1.80. The summed E-state index contributed by atoms with van der Waals surface area (Å²) in [5.74, 6) is 0. The van der Waals surface area contributed by atoms with Crippen LogP contribution in [0.25, 0.3) is 10.9 Å². The molecular weight excluding hydrogens is 148 g/mol. The molecule has 2 heteroatoms. The number of nitriles is 1. The quantitative estimate of drug-likeness (QED) is 0.622. The summed E-state index contributed by atoms with van der Waals surface area (Å²) >= 11 is 0. The lowest BCUT2D eigenvalue weighted by Crippen LogP contribution is -1.72. The van der Waals surface area contributed by atoms with Gasteiger partial charge in [0.25, 0.3) is 0 Å². The fourth-order valence-corrected chi connectivity index (χ4v) is 1.22. The molecular formula is C10H7N2. The van der Waals surface area contributed by atoms with Crippen molar-refractivity contribution in [3.05, 3.63) is 35.5 Å². The summed E-state index contributed by atoms with van der Waals surface area (Å²) in [6.07, 6.45) is 0. The topological polar surface area (TPSA) is 39.6 Å². The van der Waals surface area contributed by atoms with E-state index in [2.05, 4.69) is 17.1 Å². The van der Waals surface area contributed by atoms with E-state index in [1.165, 1.54) is 0 Å². The Bertz CT molecular complexity index is 460. The van der Waals surface area contributed by atoms with Crippen molar-refractivity contribution < 1.29 is 0 Å². The van der Waals surface area contributed by atoms with E-state index in [0.717, 1.165) is 16.5 Å². The number of hydrogen-bond acceptors (Lipinski definition) is 1. The SMILES string of the molecule is Cc1c[c]c2cc(C#N)[nH]c2c1. The molecule has 2 aromatic rings. The lowest BCUT2D eigenvalue weighted by atomic mass is 10.2. The van der Waals surface area contributed by atoms with Gasteiger partial charge < -0.3 is 4.98 Å². The van der Waals surface area contributed by atoms with Gasteiger partial charge in [0.15, 0.2) is 0 Å². The monoisotopic (exact) mass is 155 g/mol. The molecule has 0 aliphatic heterocycles. The van der Waals surface area contributed by atoms with Gasteiger partial charge >= 0.3 is 0 Å². The summed E-state index contributed by atoms with van der Waals surface area (Å²) in [6.45, 7) is 2.00. The lowest BCUT2D eigenvalue weighted by Gasteiger charge is -1.89. The minimum absolute atomic E-state index is 0.590. The smallest absolute Gasteiger partial charge is 0.118 e. The number of H-pyrrole nitrogens is 1. The van der Waals surface area contributed by atoms with Crippen molar-refractivity contribution in [1.82, 2.24) is 4.98 Å². The zero-order valence-electron chi connectivity index (χ0n) is 6.68. The van der Waals surface area contributed by atoms with Crippen molar-refractivity contribution in [3.63, 3.8) is 0 Å². The van der Waals surface area contributed by atoms with Gasteiger partial charge in [-0.25, -0.2) is 0 Å². The van der Waals surface area contributed by atoms with Crippen LogP contribution in [-0.2, 0) is 0 Å². The fourth-order valence-electron chi connectivity index (χ4n) is 1.22. The Hall–Kier alpha value is -1.75. The second kappa shape index (κ2) is 2.38. The fraction of sp³-hybridized carbons (Fsp3) is 0.100. The number of nitrogens with one attached hydrogen (secondary N) is 1. The van der Waals surface area contributed by atoms with Gasteiger partial charge in [-0.1, -0.05) is 6.07 Å². The van der Waals surface area contributed by atoms with E-state index < -0.39 is 0 Å². The van der Waals surface area contributed by atoms with Crippen LogP contribution in [0.3, 0.4) is 0 Å². The highest BCUT2D eigenvalue weighted by atomic mass is 14.7. The maximum Gasteiger partial charge on any atom is 0.118 e. The molecule has 0 atom stereocenters. The number of fused-ring (bicyclic) bond motifs is 1. The van der Waals surface area contributed by atoms with Gasteiger partial charge in [-0.15, -0.1) is 0 Å². The van der Waals surface area contributed by atoms with Crippen LogP contribution < -0.4 is 0 Å². The third-order valence-electron chi connectivity index (χ3n) is 1.80. The molecule has 0 saturated heterocycles. The van der Waals surface area contributed by atoms with E-state index in [0.29, 0.717) is 5.69 Å². The number of benzene rings is 1. The van der Waals surface area contributed by atoms with E-state index >= 15 is 0 Å². The van der Waals surface area contributed by atoms with Gasteiger partial charge in [0.2, 0.25) is 0 Å². The van der Waals surface area contributed by atoms with Gasteiger partial charge in [-0.2, -0.15) is 5.26 Å². The van der Waals surface area contributed by atoms with E-state index in [4.69, 9.17) is 5.26 Å². The Morgan fingerprint density at radius 3 is 3.08 bits per heavy atom. The highest BCUT2D eigenvalue weighted by Crippen LogP contribution is 2.15. The molecule has 0 spiro atoms. The first-order valence-corrected chi connectivity index (χ1v) is 3.71. The standard InChI is InChI=1S/C10H7N2/c1-7-2-3-8-5-9(6-11)12-10(8)4-7/h2,4-5,12H,1H3. The van der Waals surface area contributed by atoms with Crippen LogP contribution in [-0.4, -0.2) is 4.98 Å². The van der Waals surface area contributed by atoms with E-state index in [-0.39, 0.29) is 0 Å². The van der Waals surface area contributed by atoms with Gasteiger partial charge in [0.05, 0.1) is 0 Å². The molecule has 1 aromatic carbocycles. The Balaban J connectivity index is 2.77. The van der Waals surface area contributed by atoms with Crippen LogP contribution in [0.5, 0.6) is 0 Å². The van der Waals surface area contributed by atoms with Crippen molar-refractivity contribution in [1.29, 1.82) is 5.26 Å². The Kier molecular flexibility index (Phi) is 1.38. The predicted molar refractivity (Wildman–Crippen MR) is 46.6 cm³/mol. The largest absolute Gasteiger partial charge is 0.346 e. The van der Waals surface area contributed by atoms with Crippen molar-refractivity contribution in [3.8, 4) is 6.07 Å². The van der Waals surface area contributed by atoms with E-state index in [9.17, 15) is 0 Å². The summed E-state index contributed by atoms with van der Waals surface area (Å²) in [4.78, 5) is 2.99. The molecule has 0 fully saturated rings. The second-order valence-electron chi connectivity index (χ2n) is 2.80. The number of nitrogens with zero attached hydrogens (tertiary/aromatic N) is 1. The minimum atomic E-state index is 0.590. The average molecular weight is 155 g/mol. The summed E-state index contributed by atoms with van der Waals surface area (Å²) in [5, 5.41) is 9.58. The molecule has 0 amide bonds. The number of hydrogen-bond donors (Lipinski definition) is 1. The zero-order chi connectivity index (χ0) is 8.55. The predicted octanol–water partition coefficient (Wildman–Crippen LogP) is 2.15. The minimum Gasteiger partial charge on any atom is -0.346 e. The summed E-state index contributed by atoms with van der Waals surface area (Å²) in [6, 6.07) is 10.9. The number of aromatic nitrogens is 1.